The van der Waals surface area contributed by atoms with Crippen molar-refractivity contribution >= 4 is 0 Å². The molecule has 0 fully saturated rings. The predicted molar refractivity (Wildman–Crippen MR) is 76.9 cm³/mol. The summed E-state index contributed by atoms with van der Waals surface area (Å²) in [5.41, 5.74) is 1.07. The van der Waals surface area contributed by atoms with Gasteiger partial charge in [0.1, 0.15) is 6.61 Å². The van der Waals surface area contributed by atoms with Crippen molar-refractivity contribution in [2.24, 2.45) is 0 Å². The highest BCUT2D eigenvalue weighted by Gasteiger charge is 2.10. The Morgan fingerprint density at radius 3 is 2.84 bits per heavy atom. The molecule has 0 aliphatic carbocycles. The first-order valence-electron chi connectivity index (χ1n) is 6.51. The Balaban J connectivity index is 2.68. The Morgan fingerprint density at radius 1 is 1.32 bits per heavy atom. The van der Waals surface area contributed by atoms with Gasteiger partial charge in [0.15, 0.2) is 11.5 Å². The Morgan fingerprint density at radius 2 is 2.16 bits per heavy atom. The molecule has 0 aromatic heterocycles. The van der Waals surface area contributed by atoms with Gasteiger partial charge in [-0.15, -0.1) is 6.58 Å². The van der Waals surface area contributed by atoms with Gasteiger partial charge in [-0.05, 0) is 13.0 Å². The molecular formula is C15H23NO3. The van der Waals surface area contributed by atoms with E-state index >= 15 is 0 Å². The predicted octanol–water partition coefficient (Wildman–Crippen LogP) is 2.39. The van der Waals surface area contributed by atoms with Gasteiger partial charge in [-0.1, -0.05) is 18.2 Å². The highest BCUT2D eigenvalue weighted by atomic mass is 16.5. The van der Waals surface area contributed by atoms with Gasteiger partial charge in [-0.2, -0.15) is 0 Å². The lowest BCUT2D eigenvalue weighted by Gasteiger charge is -2.15. The van der Waals surface area contributed by atoms with E-state index in [0.717, 1.165) is 23.6 Å². The number of hydrogen-bond acceptors (Lipinski definition) is 4. The van der Waals surface area contributed by atoms with E-state index in [4.69, 9.17) is 14.2 Å². The van der Waals surface area contributed by atoms with Crippen molar-refractivity contribution in [1.29, 1.82) is 0 Å². The van der Waals surface area contributed by atoms with E-state index in [1.165, 1.54) is 0 Å². The summed E-state index contributed by atoms with van der Waals surface area (Å²) < 4.78 is 16.4. The molecule has 0 bridgehead atoms. The van der Waals surface area contributed by atoms with Gasteiger partial charge in [0.2, 0.25) is 0 Å². The van der Waals surface area contributed by atoms with Crippen molar-refractivity contribution in [3.63, 3.8) is 0 Å². The van der Waals surface area contributed by atoms with Crippen LogP contribution in [0.1, 0.15) is 12.5 Å². The van der Waals surface area contributed by atoms with Crippen LogP contribution in [-0.4, -0.2) is 33.5 Å². The molecule has 1 rings (SSSR count). The molecule has 1 aromatic rings. The van der Waals surface area contributed by atoms with E-state index in [-0.39, 0.29) is 0 Å². The minimum Gasteiger partial charge on any atom is -0.493 e. The molecule has 106 valence electrons. The van der Waals surface area contributed by atoms with E-state index in [2.05, 4.69) is 11.9 Å². The Labute approximate surface area is 115 Å². The third-order valence-electron chi connectivity index (χ3n) is 2.56. The summed E-state index contributed by atoms with van der Waals surface area (Å²) in [6.07, 6.45) is 1.83. The normalized spacial score (nSPS) is 10.2. The van der Waals surface area contributed by atoms with Crippen LogP contribution in [-0.2, 0) is 11.3 Å². The summed E-state index contributed by atoms with van der Waals surface area (Å²) in [6, 6.07) is 5.88. The standard InChI is InChI=1S/C15H23NO3/c1-4-9-16-12-13-7-6-8-14(17-3)15(13)19-11-10-18-5-2/h4,6-8,16H,1,5,9-12H2,2-3H3. The largest absolute Gasteiger partial charge is 0.493 e. The van der Waals surface area contributed by atoms with Gasteiger partial charge in [-0.25, -0.2) is 0 Å². The molecule has 0 aliphatic rings. The first-order valence-corrected chi connectivity index (χ1v) is 6.51. The fourth-order valence-electron chi connectivity index (χ4n) is 1.68. The lowest BCUT2D eigenvalue weighted by Crippen LogP contribution is -2.15. The van der Waals surface area contributed by atoms with Crippen LogP contribution in [0.2, 0.25) is 0 Å². The summed E-state index contributed by atoms with van der Waals surface area (Å²) >= 11 is 0. The van der Waals surface area contributed by atoms with Crippen LogP contribution in [0.15, 0.2) is 30.9 Å². The molecule has 0 heterocycles. The van der Waals surface area contributed by atoms with Gasteiger partial charge in [0.25, 0.3) is 0 Å². The molecule has 0 amide bonds. The Kier molecular flexibility index (Phi) is 7.70. The molecule has 0 aliphatic heterocycles. The second-order valence-corrected chi connectivity index (χ2v) is 3.91. The number of nitrogens with one attached hydrogen (secondary N) is 1. The van der Waals surface area contributed by atoms with Crippen LogP contribution in [0.3, 0.4) is 0 Å². The maximum absolute atomic E-state index is 5.78. The lowest BCUT2D eigenvalue weighted by molar-refractivity contribution is 0.108. The number of para-hydroxylation sites is 1. The summed E-state index contributed by atoms with van der Waals surface area (Å²) in [4.78, 5) is 0. The molecule has 1 aromatic carbocycles. The van der Waals surface area contributed by atoms with Crippen molar-refractivity contribution in [2.45, 2.75) is 13.5 Å². The highest BCUT2D eigenvalue weighted by molar-refractivity contribution is 5.46. The van der Waals surface area contributed by atoms with Crippen LogP contribution in [0.5, 0.6) is 11.5 Å². The van der Waals surface area contributed by atoms with Gasteiger partial charge in [0.05, 0.1) is 13.7 Å². The Bertz CT molecular complexity index is 380. The van der Waals surface area contributed by atoms with Gasteiger partial charge >= 0.3 is 0 Å². The monoisotopic (exact) mass is 265 g/mol. The minimum atomic E-state index is 0.517. The molecule has 0 saturated heterocycles. The number of ether oxygens (including phenoxy) is 3. The lowest BCUT2D eigenvalue weighted by atomic mass is 10.2. The van der Waals surface area contributed by atoms with Crippen LogP contribution < -0.4 is 14.8 Å². The summed E-state index contributed by atoms with van der Waals surface area (Å²) in [5, 5.41) is 3.26. The second kappa shape index (κ2) is 9.42. The Hall–Kier alpha value is -1.52. The van der Waals surface area contributed by atoms with E-state index in [9.17, 15) is 0 Å². The van der Waals surface area contributed by atoms with Crippen LogP contribution in [0, 0.1) is 0 Å². The van der Waals surface area contributed by atoms with Crippen molar-refractivity contribution in [3.8, 4) is 11.5 Å². The van der Waals surface area contributed by atoms with E-state index < -0.39 is 0 Å². The molecule has 4 heteroatoms. The number of hydrogen-bond donors (Lipinski definition) is 1. The fraction of sp³-hybridized carbons (Fsp3) is 0.467. The number of rotatable bonds is 10. The number of benzene rings is 1. The van der Waals surface area contributed by atoms with Crippen LogP contribution in [0.25, 0.3) is 0 Å². The number of methoxy groups -OCH3 is 1. The molecule has 0 spiro atoms. The van der Waals surface area contributed by atoms with Crippen molar-refractivity contribution in [1.82, 2.24) is 5.32 Å². The second-order valence-electron chi connectivity index (χ2n) is 3.91. The van der Waals surface area contributed by atoms with Crippen molar-refractivity contribution < 1.29 is 14.2 Å². The zero-order valence-electron chi connectivity index (χ0n) is 11.8. The minimum absolute atomic E-state index is 0.517. The fourth-order valence-corrected chi connectivity index (χ4v) is 1.68. The molecule has 1 N–H and O–H groups in total. The first kappa shape index (κ1) is 15.5. The van der Waals surface area contributed by atoms with Crippen LogP contribution >= 0.6 is 0 Å². The molecule has 4 nitrogen and oxygen atoms in total. The van der Waals surface area contributed by atoms with Crippen molar-refractivity contribution in [2.75, 3.05) is 33.5 Å². The maximum Gasteiger partial charge on any atom is 0.165 e. The smallest absolute Gasteiger partial charge is 0.165 e. The third kappa shape index (κ3) is 5.32. The zero-order chi connectivity index (χ0) is 13.9. The van der Waals surface area contributed by atoms with Gasteiger partial charge < -0.3 is 19.5 Å². The zero-order valence-corrected chi connectivity index (χ0v) is 11.8. The molecular weight excluding hydrogens is 242 g/mol. The van der Waals surface area contributed by atoms with Crippen LogP contribution in [0.4, 0.5) is 0 Å². The molecule has 0 saturated carbocycles. The SMILES string of the molecule is C=CCNCc1cccc(OC)c1OCCOCC. The quantitative estimate of drug-likeness (QED) is 0.521. The first-order chi connectivity index (χ1) is 9.33. The molecule has 0 unspecified atom stereocenters. The van der Waals surface area contributed by atoms with Gasteiger partial charge in [0, 0.05) is 25.3 Å². The van der Waals surface area contributed by atoms with Gasteiger partial charge in [-0.3, -0.25) is 0 Å². The molecule has 0 radical (unpaired) electrons. The average Bonchev–Trinajstić information content (AvgIpc) is 2.44. The summed E-state index contributed by atoms with van der Waals surface area (Å²) in [5.74, 6) is 1.52. The molecule has 19 heavy (non-hydrogen) atoms. The van der Waals surface area contributed by atoms with E-state index in [1.807, 2.05) is 31.2 Å². The van der Waals surface area contributed by atoms with Crippen molar-refractivity contribution in [3.05, 3.63) is 36.4 Å². The summed E-state index contributed by atoms with van der Waals surface area (Å²) in [7, 11) is 1.64. The molecule has 0 atom stereocenters. The van der Waals surface area contributed by atoms with E-state index in [1.54, 1.807) is 7.11 Å². The maximum atomic E-state index is 5.78. The average molecular weight is 265 g/mol. The third-order valence-corrected chi connectivity index (χ3v) is 2.56. The topological polar surface area (TPSA) is 39.7 Å². The van der Waals surface area contributed by atoms with E-state index in [0.29, 0.717) is 26.4 Å². The highest BCUT2D eigenvalue weighted by Crippen LogP contribution is 2.30. The summed E-state index contributed by atoms with van der Waals surface area (Å²) in [6.45, 7) is 8.92.